The predicted molar refractivity (Wildman–Crippen MR) is 146 cm³/mol. The molecule has 1 aliphatic carbocycles. The van der Waals surface area contributed by atoms with Crippen molar-refractivity contribution >= 4 is 11.9 Å². The molecule has 2 fully saturated rings. The van der Waals surface area contributed by atoms with Crippen molar-refractivity contribution < 1.29 is 32.2 Å². The Labute approximate surface area is 240 Å². The molecule has 9 nitrogen and oxygen atoms in total. The molecule has 0 unspecified atom stereocenters. The number of ether oxygens (including phenoxy) is 1. The number of nitrogens with zero attached hydrogens (tertiary/aromatic N) is 5. The molecule has 0 bridgehead atoms. The number of alkyl halides is 3. The standard InChI is InChI=1S/C29H34F4N6O3/c1-38-24(15-26(37-38)29(31,32)33)19-16-34-28(35-17-19)39-11-9-18(10-12-39)4-3-13-42-20-7-8-21(22(30)14-20)27(41)36-23-5-2-6-25(23)40/h7-8,14-18,23,25,40H,2-6,9-13H2,1H3,(H,36,41)/t23-,25+/m1/s1. The molecule has 1 aromatic carbocycles. The SMILES string of the molecule is Cn1nc(C(F)(F)F)cc1-c1cnc(N2CCC(CCCOc3ccc(C(=O)N[C@@H]4CCC[C@@H]4O)c(F)c3)CC2)nc1. The highest BCUT2D eigenvalue weighted by Crippen LogP contribution is 2.32. The topological polar surface area (TPSA) is 105 Å². The van der Waals surface area contributed by atoms with Crippen LogP contribution in [0.25, 0.3) is 11.3 Å². The van der Waals surface area contributed by atoms with Crippen LogP contribution in [-0.2, 0) is 13.2 Å². The number of anilines is 1. The van der Waals surface area contributed by atoms with E-state index in [0.717, 1.165) is 51.3 Å². The zero-order chi connectivity index (χ0) is 29.9. The number of aryl methyl sites for hydroxylation is 1. The average molecular weight is 591 g/mol. The molecular formula is C29H34F4N6O3. The molecule has 2 aromatic heterocycles. The van der Waals surface area contributed by atoms with Crippen LogP contribution in [0.4, 0.5) is 23.5 Å². The lowest BCUT2D eigenvalue weighted by atomic mass is 9.92. The van der Waals surface area contributed by atoms with E-state index < -0.39 is 29.7 Å². The summed E-state index contributed by atoms with van der Waals surface area (Å²) in [4.78, 5) is 23.2. The Morgan fingerprint density at radius 1 is 1.12 bits per heavy atom. The van der Waals surface area contributed by atoms with Gasteiger partial charge in [0.15, 0.2) is 5.69 Å². The van der Waals surface area contributed by atoms with Gasteiger partial charge in [0.2, 0.25) is 5.95 Å². The highest BCUT2D eigenvalue weighted by atomic mass is 19.4. The van der Waals surface area contributed by atoms with Gasteiger partial charge in [0, 0.05) is 44.2 Å². The van der Waals surface area contributed by atoms with Crippen LogP contribution in [0.3, 0.4) is 0 Å². The molecule has 0 radical (unpaired) electrons. The van der Waals surface area contributed by atoms with Crippen LogP contribution < -0.4 is 15.0 Å². The van der Waals surface area contributed by atoms with Crippen LogP contribution in [0.15, 0.2) is 36.7 Å². The highest BCUT2D eigenvalue weighted by molar-refractivity contribution is 5.94. The van der Waals surface area contributed by atoms with Gasteiger partial charge in [-0.15, -0.1) is 0 Å². The Bertz CT molecular complexity index is 1370. The summed E-state index contributed by atoms with van der Waals surface area (Å²) in [5.41, 5.74) is -0.276. The van der Waals surface area contributed by atoms with E-state index in [1.807, 2.05) is 0 Å². The third-order valence-corrected chi connectivity index (χ3v) is 8.01. The summed E-state index contributed by atoms with van der Waals surface area (Å²) >= 11 is 0. The maximum Gasteiger partial charge on any atom is 0.435 e. The van der Waals surface area contributed by atoms with Crippen LogP contribution >= 0.6 is 0 Å². The molecule has 3 aromatic rings. The van der Waals surface area contributed by atoms with Gasteiger partial charge in [-0.3, -0.25) is 9.48 Å². The molecule has 2 aliphatic rings. The Hall–Kier alpha value is -3.74. The van der Waals surface area contributed by atoms with E-state index >= 15 is 0 Å². The smallest absolute Gasteiger partial charge is 0.435 e. The first-order chi connectivity index (χ1) is 20.1. The van der Waals surface area contributed by atoms with Gasteiger partial charge in [-0.05, 0) is 69.1 Å². The number of carbonyl (C=O) groups excluding carboxylic acids is 1. The maximum absolute atomic E-state index is 14.6. The van der Waals surface area contributed by atoms with Crippen molar-refractivity contribution in [3.05, 3.63) is 53.7 Å². The van der Waals surface area contributed by atoms with Gasteiger partial charge in [0.1, 0.15) is 11.6 Å². The molecule has 1 saturated heterocycles. The normalized spacial score (nSPS) is 19.7. The van der Waals surface area contributed by atoms with Crippen molar-refractivity contribution in [2.45, 2.75) is 63.3 Å². The van der Waals surface area contributed by atoms with Crippen LogP contribution in [-0.4, -0.2) is 62.6 Å². The van der Waals surface area contributed by atoms with Crippen molar-refractivity contribution in [2.75, 3.05) is 24.6 Å². The van der Waals surface area contributed by atoms with Gasteiger partial charge < -0.3 is 20.1 Å². The minimum Gasteiger partial charge on any atom is -0.493 e. The molecule has 3 heterocycles. The van der Waals surface area contributed by atoms with E-state index in [9.17, 15) is 27.5 Å². The number of amides is 1. The molecule has 0 spiro atoms. The molecule has 1 amide bonds. The molecule has 226 valence electrons. The molecule has 1 aliphatic heterocycles. The Kier molecular flexibility index (Phi) is 8.95. The lowest BCUT2D eigenvalue weighted by molar-refractivity contribution is -0.141. The zero-order valence-electron chi connectivity index (χ0n) is 23.3. The van der Waals surface area contributed by atoms with Crippen molar-refractivity contribution in [3.63, 3.8) is 0 Å². The quantitative estimate of drug-likeness (QED) is 0.274. The Morgan fingerprint density at radius 2 is 1.86 bits per heavy atom. The second-order valence-electron chi connectivity index (χ2n) is 10.9. The summed E-state index contributed by atoms with van der Waals surface area (Å²) in [6.45, 7) is 1.96. The van der Waals surface area contributed by atoms with E-state index in [4.69, 9.17) is 4.74 Å². The van der Waals surface area contributed by atoms with Gasteiger partial charge in [0.25, 0.3) is 5.91 Å². The summed E-state index contributed by atoms with van der Waals surface area (Å²) in [6, 6.07) is 4.84. The van der Waals surface area contributed by atoms with Gasteiger partial charge in [-0.1, -0.05) is 0 Å². The minimum absolute atomic E-state index is 0.0700. The van der Waals surface area contributed by atoms with E-state index in [1.165, 1.54) is 36.3 Å². The summed E-state index contributed by atoms with van der Waals surface area (Å²) in [5.74, 6) is 0.198. The van der Waals surface area contributed by atoms with E-state index in [-0.39, 0.29) is 11.6 Å². The van der Waals surface area contributed by atoms with Crippen molar-refractivity contribution in [3.8, 4) is 17.0 Å². The third-order valence-electron chi connectivity index (χ3n) is 8.01. The fourth-order valence-corrected chi connectivity index (χ4v) is 5.60. The lowest BCUT2D eigenvalue weighted by Gasteiger charge is -2.32. The van der Waals surface area contributed by atoms with E-state index in [0.29, 0.717) is 48.3 Å². The Balaban J connectivity index is 1.04. The second kappa shape index (κ2) is 12.6. The second-order valence-corrected chi connectivity index (χ2v) is 10.9. The molecule has 13 heteroatoms. The molecule has 42 heavy (non-hydrogen) atoms. The summed E-state index contributed by atoms with van der Waals surface area (Å²) in [7, 11) is 1.45. The van der Waals surface area contributed by atoms with Crippen LogP contribution in [0.5, 0.6) is 5.75 Å². The van der Waals surface area contributed by atoms with Crippen molar-refractivity contribution in [2.24, 2.45) is 13.0 Å². The molecular weight excluding hydrogens is 556 g/mol. The number of hydrogen-bond donors (Lipinski definition) is 2. The maximum atomic E-state index is 14.6. The van der Waals surface area contributed by atoms with Gasteiger partial charge >= 0.3 is 6.18 Å². The average Bonchev–Trinajstić information content (AvgIpc) is 3.56. The fourth-order valence-electron chi connectivity index (χ4n) is 5.60. The lowest BCUT2D eigenvalue weighted by Crippen LogP contribution is -2.40. The van der Waals surface area contributed by atoms with Gasteiger partial charge in [0.05, 0.1) is 30.0 Å². The number of nitrogens with one attached hydrogen (secondary N) is 1. The number of hydrogen-bond acceptors (Lipinski definition) is 7. The number of aromatic nitrogens is 4. The largest absolute Gasteiger partial charge is 0.493 e. The minimum atomic E-state index is -4.52. The molecule has 5 rings (SSSR count). The fraction of sp³-hybridized carbons (Fsp3) is 0.517. The molecule has 1 saturated carbocycles. The molecule has 2 atom stereocenters. The molecule has 2 N–H and O–H groups in total. The number of aliphatic hydroxyl groups is 1. The number of piperidine rings is 1. The Morgan fingerprint density at radius 3 is 2.48 bits per heavy atom. The monoisotopic (exact) mass is 590 g/mol. The van der Waals surface area contributed by atoms with Crippen LogP contribution in [0, 0.1) is 11.7 Å². The number of halogens is 4. The number of aliphatic hydroxyl groups excluding tert-OH is 1. The number of carbonyl (C=O) groups is 1. The third kappa shape index (κ3) is 7.00. The predicted octanol–water partition coefficient (Wildman–Crippen LogP) is 4.75. The van der Waals surface area contributed by atoms with Gasteiger partial charge in [-0.25, -0.2) is 14.4 Å². The zero-order valence-corrected chi connectivity index (χ0v) is 23.3. The number of benzene rings is 1. The van der Waals surface area contributed by atoms with Crippen LogP contribution in [0.2, 0.25) is 0 Å². The van der Waals surface area contributed by atoms with E-state index in [1.54, 1.807) is 6.07 Å². The summed E-state index contributed by atoms with van der Waals surface area (Å²) in [5, 5.41) is 16.1. The van der Waals surface area contributed by atoms with Crippen molar-refractivity contribution in [1.29, 1.82) is 0 Å². The van der Waals surface area contributed by atoms with Gasteiger partial charge in [-0.2, -0.15) is 18.3 Å². The van der Waals surface area contributed by atoms with Crippen molar-refractivity contribution in [1.82, 2.24) is 25.1 Å². The first kappa shape index (κ1) is 29.7. The number of rotatable bonds is 9. The highest BCUT2D eigenvalue weighted by Gasteiger charge is 2.35. The van der Waals surface area contributed by atoms with E-state index in [2.05, 4.69) is 25.3 Å². The summed E-state index contributed by atoms with van der Waals surface area (Å²) in [6.07, 6.45) is 3.70. The van der Waals surface area contributed by atoms with Crippen LogP contribution in [0.1, 0.15) is 61.0 Å². The summed E-state index contributed by atoms with van der Waals surface area (Å²) < 4.78 is 60.4. The first-order valence-electron chi connectivity index (χ1n) is 14.2. The first-order valence-corrected chi connectivity index (χ1v) is 14.2.